The number of carbonyl (C=O) groups excluding carboxylic acids is 1. The number of hydrogen-bond acceptors (Lipinski definition) is 5. The molecule has 4 rings (SSSR count). The minimum Gasteiger partial charge on any atom is -0.341 e. The zero-order chi connectivity index (χ0) is 20.2. The number of imidazole rings is 1. The summed E-state index contributed by atoms with van der Waals surface area (Å²) in [6.45, 7) is 1.88. The first-order chi connectivity index (χ1) is 14.2. The fourth-order valence-electron chi connectivity index (χ4n) is 3.19. The molecule has 2 N–H and O–H groups in total. The van der Waals surface area contributed by atoms with Crippen LogP contribution < -0.4 is 5.32 Å². The van der Waals surface area contributed by atoms with Crippen molar-refractivity contribution in [1.82, 2.24) is 20.3 Å². The van der Waals surface area contributed by atoms with Crippen LogP contribution in [0.5, 0.6) is 0 Å². The molecule has 2 heterocycles. The van der Waals surface area contributed by atoms with Crippen LogP contribution in [0.15, 0.2) is 54.6 Å². The van der Waals surface area contributed by atoms with Gasteiger partial charge in [0.25, 0.3) is 5.91 Å². The van der Waals surface area contributed by atoms with Crippen molar-refractivity contribution in [3.63, 3.8) is 0 Å². The molecule has 0 aliphatic carbocycles. The zero-order valence-corrected chi connectivity index (χ0v) is 17.9. The molecule has 0 aliphatic heterocycles. The van der Waals surface area contributed by atoms with Crippen molar-refractivity contribution in [1.29, 1.82) is 0 Å². The summed E-state index contributed by atoms with van der Waals surface area (Å²) < 4.78 is 0. The molecule has 0 bridgehead atoms. The Bertz CT molecular complexity index is 1090. The molecule has 29 heavy (non-hydrogen) atoms. The van der Waals surface area contributed by atoms with Gasteiger partial charge in [-0.3, -0.25) is 4.79 Å². The Hall–Kier alpha value is -2.64. The highest BCUT2D eigenvalue weighted by Crippen LogP contribution is 2.28. The summed E-state index contributed by atoms with van der Waals surface area (Å²) >= 11 is 3.18. The molecule has 0 spiro atoms. The van der Waals surface area contributed by atoms with Gasteiger partial charge in [0.15, 0.2) is 0 Å². The minimum atomic E-state index is -0.177. The van der Waals surface area contributed by atoms with Crippen LogP contribution in [0.3, 0.4) is 0 Å². The number of aromatic amines is 1. The number of thioether (sulfide) groups is 1. The summed E-state index contributed by atoms with van der Waals surface area (Å²) in [6.07, 6.45) is 2.87. The van der Waals surface area contributed by atoms with E-state index >= 15 is 0 Å². The highest BCUT2D eigenvalue weighted by atomic mass is 32.2. The number of nitrogens with zero attached hydrogens (tertiary/aromatic N) is 2. The van der Waals surface area contributed by atoms with Gasteiger partial charge in [0.05, 0.1) is 22.8 Å². The second kappa shape index (κ2) is 8.80. The maximum atomic E-state index is 13.1. The van der Waals surface area contributed by atoms with E-state index in [-0.39, 0.29) is 11.9 Å². The molecule has 5 nitrogen and oxygen atoms in total. The summed E-state index contributed by atoms with van der Waals surface area (Å²) in [6, 6.07) is 17.7. The van der Waals surface area contributed by atoms with Crippen molar-refractivity contribution in [3.8, 4) is 10.6 Å². The smallest absolute Gasteiger partial charge is 0.263 e. The minimum absolute atomic E-state index is 0.103. The molecule has 0 fully saturated rings. The van der Waals surface area contributed by atoms with E-state index in [0.717, 1.165) is 45.3 Å². The lowest BCUT2D eigenvalue weighted by molar-refractivity contribution is 0.0937. The third kappa shape index (κ3) is 4.36. The van der Waals surface area contributed by atoms with Crippen molar-refractivity contribution in [2.75, 3.05) is 12.0 Å². The Morgan fingerprint density at radius 2 is 1.90 bits per heavy atom. The molecule has 2 aromatic heterocycles. The molecular formula is C22H22N4OS2. The number of amides is 1. The monoisotopic (exact) mass is 422 g/mol. The van der Waals surface area contributed by atoms with Gasteiger partial charge in [0, 0.05) is 5.56 Å². The number of hydrogen-bond donors (Lipinski definition) is 2. The van der Waals surface area contributed by atoms with Crippen LogP contribution in [-0.4, -0.2) is 32.9 Å². The van der Waals surface area contributed by atoms with E-state index in [1.165, 1.54) is 11.3 Å². The van der Waals surface area contributed by atoms with Gasteiger partial charge in [-0.1, -0.05) is 42.5 Å². The fourth-order valence-corrected chi connectivity index (χ4v) is 4.63. The summed E-state index contributed by atoms with van der Waals surface area (Å²) in [5.74, 6) is 1.62. The van der Waals surface area contributed by atoms with Crippen molar-refractivity contribution < 1.29 is 4.79 Å². The molecule has 1 atom stereocenters. The number of nitrogens with one attached hydrogen (secondary N) is 2. The van der Waals surface area contributed by atoms with Crippen LogP contribution in [0.2, 0.25) is 0 Å². The second-order valence-corrected chi connectivity index (χ2v) is 8.73. The average molecular weight is 423 g/mol. The maximum Gasteiger partial charge on any atom is 0.263 e. The van der Waals surface area contributed by atoms with Gasteiger partial charge in [0.1, 0.15) is 15.7 Å². The summed E-state index contributed by atoms with van der Waals surface area (Å²) in [4.78, 5) is 26.4. The lowest BCUT2D eigenvalue weighted by Gasteiger charge is -2.16. The summed E-state index contributed by atoms with van der Waals surface area (Å²) in [7, 11) is 0. The number of rotatable bonds is 7. The molecule has 0 aliphatic rings. The van der Waals surface area contributed by atoms with Crippen LogP contribution in [-0.2, 0) is 0 Å². The van der Waals surface area contributed by atoms with Crippen LogP contribution in [0.25, 0.3) is 21.6 Å². The van der Waals surface area contributed by atoms with E-state index in [2.05, 4.69) is 21.5 Å². The van der Waals surface area contributed by atoms with Crippen LogP contribution in [0.1, 0.15) is 33.7 Å². The van der Waals surface area contributed by atoms with E-state index < -0.39 is 0 Å². The SMILES string of the molecule is CSCCC(NC(=O)c1sc(-c2ccccc2)nc1C)c1nc2ccccc2[nH]1. The van der Waals surface area contributed by atoms with Crippen molar-refractivity contribution in [3.05, 3.63) is 71.0 Å². The third-order valence-corrected chi connectivity index (χ3v) is 6.53. The molecule has 2 aromatic carbocycles. The first kappa shape index (κ1) is 19.7. The molecule has 4 aromatic rings. The van der Waals surface area contributed by atoms with Crippen molar-refractivity contribution >= 4 is 40.0 Å². The Labute approximate surface area is 178 Å². The second-order valence-electron chi connectivity index (χ2n) is 6.75. The molecular weight excluding hydrogens is 400 g/mol. The first-order valence-electron chi connectivity index (χ1n) is 9.43. The molecule has 0 saturated carbocycles. The Morgan fingerprint density at radius 3 is 2.66 bits per heavy atom. The van der Waals surface area contributed by atoms with Gasteiger partial charge < -0.3 is 10.3 Å². The Kier molecular flexibility index (Phi) is 5.97. The third-order valence-electron chi connectivity index (χ3n) is 4.68. The molecule has 0 saturated heterocycles. The van der Waals surface area contributed by atoms with Gasteiger partial charge >= 0.3 is 0 Å². The van der Waals surface area contributed by atoms with E-state index in [4.69, 9.17) is 4.98 Å². The lowest BCUT2D eigenvalue weighted by atomic mass is 10.2. The van der Waals surface area contributed by atoms with Crippen LogP contribution >= 0.6 is 23.1 Å². The number of fused-ring (bicyclic) bond motifs is 1. The van der Waals surface area contributed by atoms with Crippen LogP contribution in [0, 0.1) is 6.92 Å². The number of aryl methyl sites for hydroxylation is 1. The number of thiazole rings is 1. The zero-order valence-electron chi connectivity index (χ0n) is 16.3. The molecule has 1 unspecified atom stereocenters. The standard InChI is InChI=1S/C22H22N4OS2/c1-14-19(29-22(23-14)15-8-4-3-5-9-15)21(27)26-18(12-13-28-2)20-24-16-10-6-7-11-17(16)25-20/h3-11,18H,12-13H2,1-2H3,(H,24,25)(H,26,27). The number of benzene rings is 2. The van der Waals surface area contributed by atoms with Crippen molar-refractivity contribution in [2.24, 2.45) is 0 Å². The normalized spacial score (nSPS) is 12.2. The van der Waals surface area contributed by atoms with E-state index in [1.54, 1.807) is 11.8 Å². The highest BCUT2D eigenvalue weighted by molar-refractivity contribution is 7.98. The number of aromatic nitrogens is 3. The van der Waals surface area contributed by atoms with Gasteiger partial charge in [-0.2, -0.15) is 11.8 Å². The topological polar surface area (TPSA) is 70.7 Å². The Balaban J connectivity index is 1.59. The first-order valence-corrected chi connectivity index (χ1v) is 11.6. The molecule has 148 valence electrons. The Morgan fingerprint density at radius 1 is 1.14 bits per heavy atom. The molecule has 7 heteroatoms. The van der Waals surface area contributed by atoms with Crippen molar-refractivity contribution in [2.45, 2.75) is 19.4 Å². The molecule has 1 amide bonds. The number of H-pyrrole nitrogens is 1. The van der Waals surface area contributed by atoms with Gasteiger partial charge in [-0.05, 0) is 37.5 Å². The largest absolute Gasteiger partial charge is 0.341 e. The van der Waals surface area contributed by atoms with Gasteiger partial charge in [-0.15, -0.1) is 11.3 Å². The van der Waals surface area contributed by atoms with E-state index in [0.29, 0.717) is 4.88 Å². The fraction of sp³-hybridized carbons (Fsp3) is 0.227. The summed E-state index contributed by atoms with van der Waals surface area (Å²) in [5, 5.41) is 4.03. The average Bonchev–Trinajstić information content (AvgIpc) is 3.35. The number of para-hydroxylation sites is 2. The van der Waals surface area contributed by atoms with E-state index in [1.807, 2.05) is 61.5 Å². The van der Waals surface area contributed by atoms with Crippen LogP contribution in [0.4, 0.5) is 0 Å². The maximum absolute atomic E-state index is 13.1. The van der Waals surface area contributed by atoms with E-state index in [9.17, 15) is 4.79 Å². The quantitative estimate of drug-likeness (QED) is 0.428. The predicted molar refractivity (Wildman–Crippen MR) is 122 cm³/mol. The molecule has 0 radical (unpaired) electrons. The number of carbonyl (C=O) groups is 1. The van der Waals surface area contributed by atoms with Gasteiger partial charge in [-0.25, -0.2) is 9.97 Å². The van der Waals surface area contributed by atoms with Gasteiger partial charge in [0.2, 0.25) is 0 Å². The highest BCUT2D eigenvalue weighted by Gasteiger charge is 2.22. The predicted octanol–water partition coefficient (Wildman–Crippen LogP) is 5.22. The lowest BCUT2D eigenvalue weighted by Crippen LogP contribution is -2.29. The summed E-state index contributed by atoms with van der Waals surface area (Å²) in [5.41, 5.74) is 3.66.